The molecule has 6 heteroatoms. The summed E-state index contributed by atoms with van der Waals surface area (Å²) in [4.78, 5) is 2.10. The van der Waals surface area contributed by atoms with E-state index in [0.717, 1.165) is 23.6 Å². The van der Waals surface area contributed by atoms with Crippen LogP contribution < -0.4 is 9.47 Å². The van der Waals surface area contributed by atoms with Crippen molar-refractivity contribution >= 4 is 0 Å². The van der Waals surface area contributed by atoms with Crippen molar-refractivity contribution in [2.45, 2.75) is 13.1 Å². The van der Waals surface area contributed by atoms with Crippen LogP contribution >= 0.6 is 0 Å². The first kappa shape index (κ1) is 12.0. The Labute approximate surface area is 110 Å². The molecular weight excluding hydrogens is 246 g/mol. The van der Waals surface area contributed by atoms with Gasteiger partial charge in [0.15, 0.2) is 11.5 Å². The van der Waals surface area contributed by atoms with Crippen LogP contribution in [0.3, 0.4) is 0 Å². The van der Waals surface area contributed by atoms with Crippen LogP contribution in [-0.4, -0.2) is 35.4 Å². The summed E-state index contributed by atoms with van der Waals surface area (Å²) in [6, 6.07) is 6.00. The number of hydrogen-bond acceptors (Lipinski definition) is 6. The monoisotopic (exact) mass is 261 g/mol. The summed E-state index contributed by atoms with van der Waals surface area (Å²) in [6.07, 6.45) is 1.34. The Morgan fingerprint density at radius 1 is 1.16 bits per heavy atom. The molecule has 1 aliphatic rings. The lowest BCUT2D eigenvalue weighted by molar-refractivity contribution is 0.171. The van der Waals surface area contributed by atoms with Crippen LogP contribution in [0.25, 0.3) is 0 Å². The fraction of sp³-hybridized carbons (Fsp3) is 0.385. The summed E-state index contributed by atoms with van der Waals surface area (Å²) < 4.78 is 16.2. The molecule has 0 aliphatic carbocycles. The molecule has 0 amide bonds. The highest BCUT2D eigenvalue weighted by Crippen LogP contribution is 2.31. The molecule has 0 unspecified atom stereocenters. The van der Waals surface area contributed by atoms with Crippen LogP contribution in [0.5, 0.6) is 11.5 Å². The van der Waals surface area contributed by atoms with Crippen LogP contribution in [0.2, 0.25) is 0 Å². The van der Waals surface area contributed by atoms with Crippen LogP contribution in [0.4, 0.5) is 0 Å². The van der Waals surface area contributed by atoms with Gasteiger partial charge < -0.3 is 13.9 Å². The Bertz CT molecular complexity index is 542. The van der Waals surface area contributed by atoms with Gasteiger partial charge in [-0.2, -0.15) is 0 Å². The van der Waals surface area contributed by atoms with E-state index in [1.165, 1.54) is 6.39 Å². The Balaban J connectivity index is 1.66. The smallest absolute Gasteiger partial charge is 0.230 e. The number of nitrogens with zero attached hydrogens (tertiary/aromatic N) is 3. The van der Waals surface area contributed by atoms with E-state index in [1.54, 1.807) is 0 Å². The molecule has 0 saturated carbocycles. The summed E-state index contributed by atoms with van der Waals surface area (Å²) in [5.41, 5.74) is 1.16. The maximum Gasteiger partial charge on any atom is 0.230 e. The van der Waals surface area contributed by atoms with Crippen molar-refractivity contribution < 1.29 is 13.9 Å². The normalized spacial score (nSPS) is 13.8. The van der Waals surface area contributed by atoms with E-state index in [-0.39, 0.29) is 0 Å². The molecule has 0 bridgehead atoms. The van der Waals surface area contributed by atoms with Crippen molar-refractivity contribution in [1.29, 1.82) is 0 Å². The average Bonchev–Trinajstić information content (AvgIpc) is 2.91. The zero-order chi connectivity index (χ0) is 13.1. The predicted octanol–water partition coefficient (Wildman–Crippen LogP) is 1.47. The van der Waals surface area contributed by atoms with Crippen LogP contribution in [0.1, 0.15) is 11.5 Å². The summed E-state index contributed by atoms with van der Waals surface area (Å²) >= 11 is 0. The first-order chi connectivity index (χ1) is 9.31. The fourth-order valence-electron chi connectivity index (χ4n) is 2.05. The molecule has 100 valence electrons. The minimum absolute atomic E-state index is 0.605. The van der Waals surface area contributed by atoms with Gasteiger partial charge in [0.25, 0.3) is 0 Å². The Kier molecular flexibility index (Phi) is 3.33. The molecule has 0 saturated heterocycles. The van der Waals surface area contributed by atoms with E-state index in [2.05, 4.69) is 15.1 Å². The maximum atomic E-state index is 5.57. The van der Waals surface area contributed by atoms with Crippen molar-refractivity contribution in [3.05, 3.63) is 36.0 Å². The molecule has 1 aliphatic heterocycles. The standard InChI is InChI=1S/C13H15N3O3/c1-16(8-13-15-14-9-19-13)7-10-2-3-11-12(6-10)18-5-4-17-11/h2-3,6,9H,4-5,7-8H2,1H3. The van der Waals surface area contributed by atoms with Gasteiger partial charge in [-0.1, -0.05) is 6.07 Å². The number of aromatic nitrogens is 2. The van der Waals surface area contributed by atoms with Crippen molar-refractivity contribution in [3.63, 3.8) is 0 Å². The molecule has 0 N–H and O–H groups in total. The second-order valence-electron chi connectivity index (χ2n) is 4.48. The molecule has 1 aromatic heterocycles. The Morgan fingerprint density at radius 3 is 2.79 bits per heavy atom. The topological polar surface area (TPSA) is 60.6 Å². The summed E-state index contributed by atoms with van der Waals surface area (Å²) in [7, 11) is 2.00. The number of benzene rings is 1. The third-order valence-electron chi connectivity index (χ3n) is 2.87. The average molecular weight is 261 g/mol. The minimum Gasteiger partial charge on any atom is -0.486 e. The van der Waals surface area contributed by atoms with Crippen LogP contribution in [-0.2, 0) is 13.1 Å². The van der Waals surface area contributed by atoms with E-state index < -0.39 is 0 Å². The molecule has 0 radical (unpaired) electrons. The molecule has 1 aromatic carbocycles. The molecule has 2 heterocycles. The molecule has 6 nitrogen and oxygen atoms in total. The predicted molar refractivity (Wildman–Crippen MR) is 66.9 cm³/mol. The lowest BCUT2D eigenvalue weighted by Crippen LogP contribution is -2.18. The van der Waals surface area contributed by atoms with Crippen molar-refractivity contribution in [2.75, 3.05) is 20.3 Å². The number of hydrogen-bond donors (Lipinski definition) is 0. The molecular formula is C13H15N3O3. The number of ether oxygens (including phenoxy) is 2. The third-order valence-corrected chi connectivity index (χ3v) is 2.87. The van der Waals surface area contributed by atoms with Crippen molar-refractivity contribution in [2.24, 2.45) is 0 Å². The Hall–Kier alpha value is -2.08. The van der Waals surface area contributed by atoms with Crippen LogP contribution in [0.15, 0.2) is 29.0 Å². The first-order valence-corrected chi connectivity index (χ1v) is 6.13. The molecule has 0 fully saturated rings. The van der Waals surface area contributed by atoms with Gasteiger partial charge in [-0.05, 0) is 24.7 Å². The van der Waals surface area contributed by atoms with E-state index in [1.807, 2.05) is 25.2 Å². The van der Waals surface area contributed by atoms with Gasteiger partial charge in [-0.3, -0.25) is 4.90 Å². The van der Waals surface area contributed by atoms with E-state index in [4.69, 9.17) is 13.9 Å². The van der Waals surface area contributed by atoms with E-state index in [9.17, 15) is 0 Å². The quantitative estimate of drug-likeness (QED) is 0.830. The van der Waals surface area contributed by atoms with E-state index >= 15 is 0 Å². The first-order valence-electron chi connectivity index (χ1n) is 6.13. The maximum absolute atomic E-state index is 5.57. The largest absolute Gasteiger partial charge is 0.486 e. The van der Waals surface area contributed by atoms with Gasteiger partial charge in [-0.15, -0.1) is 10.2 Å². The zero-order valence-corrected chi connectivity index (χ0v) is 10.7. The second kappa shape index (κ2) is 5.27. The number of fused-ring (bicyclic) bond motifs is 1. The van der Waals surface area contributed by atoms with Gasteiger partial charge in [0.2, 0.25) is 12.3 Å². The lowest BCUT2D eigenvalue weighted by atomic mass is 10.2. The third kappa shape index (κ3) is 2.85. The highest BCUT2D eigenvalue weighted by Gasteiger charge is 2.13. The van der Waals surface area contributed by atoms with Gasteiger partial charge in [0.1, 0.15) is 13.2 Å². The fourth-order valence-corrected chi connectivity index (χ4v) is 2.05. The highest BCUT2D eigenvalue weighted by atomic mass is 16.6. The molecule has 0 atom stereocenters. The lowest BCUT2D eigenvalue weighted by Gasteiger charge is -2.20. The molecule has 19 heavy (non-hydrogen) atoms. The van der Waals surface area contributed by atoms with Gasteiger partial charge in [0.05, 0.1) is 6.54 Å². The van der Waals surface area contributed by atoms with Gasteiger partial charge >= 0.3 is 0 Å². The second-order valence-corrected chi connectivity index (χ2v) is 4.48. The van der Waals surface area contributed by atoms with Gasteiger partial charge in [0, 0.05) is 6.54 Å². The SMILES string of the molecule is CN(Cc1ccc2c(c1)OCCO2)Cc1nnco1. The summed E-state index contributed by atoms with van der Waals surface area (Å²) in [6.45, 7) is 2.62. The Morgan fingerprint density at radius 2 is 2.00 bits per heavy atom. The highest BCUT2D eigenvalue weighted by molar-refractivity contribution is 5.43. The number of rotatable bonds is 4. The summed E-state index contributed by atoms with van der Waals surface area (Å²) in [5, 5.41) is 7.53. The molecule has 3 rings (SSSR count). The molecule has 2 aromatic rings. The van der Waals surface area contributed by atoms with Crippen molar-refractivity contribution in [3.8, 4) is 11.5 Å². The molecule has 0 spiro atoms. The van der Waals surface area contributed by atoms with E-state index in [0.29, 0.717) is 25.6 Å². The van der Waals surface area contributed by atoms with Crippen LogP contribution in [0, 0.1) is 0 Å². The minimum atomic E-state index is 0.605. The van der Waals surface area contributed by atoms with Crippen molar-refractivity contribution in [1.82, 2.24) is 15.1 Å². The summed E-state index contributed by atoms with van der Waals surface area (Å²) in [5.74, 6) is 2.24. The zero-order valence-electron chi connectivity index (χ0n) is 10.7. The van der Waals surface area contributed by atoms with Gasteiger partial charge in [-0.25, -0.2) is 0 Å².